The first kappa shape index (κ1) is 21.5. The van der Waals surface area contributed by atoms with Gasteiger partial charge in [0.05, 0.1) is 32.7 Å². The van der Waals surface area contributed by atoms with Crippen molar-refractivity contribution in [3.05, 3.63) is 60.2 Å². The van der Waals surface area contributed by atoms with E-state index in [0.717, 1.165) is 18.7 Å². The molecule has 0 unspecified atom stereocenters. The van der Waals surface area contributed by atoms with Crippen LogP contribution < -0.4 is 16.0 Å². The topological polar surface area (TPSA) is 99.8 Å². The highest BCUT2D eigenvalue weighted by molar-refractivity contribution is 5.95. The van der Waals surface area contributed by atoms with Gasteiger partial charge < -0.3 is 20.7 Å². The molecule has 0 bridgehead atoms. The van der Waals surface area contributed by atoms with Crippen LogP contribution in [-0.2, 0) is 25.5 Å². The predicted octanol–water partition coefficient (Wildman–Crippen LogP) is 1.25. The van der Waals surface area contributed by atoms with Crippen molar-refractivity contribution in [1.29, 1.82) is 0 Å². The summed E-state index contributed by atoms with van der Waals surface area (Å²) in [5.41, 5.74) is 2.13. The van der Waals surface area contributed by atoms with Gasteiger partial charge in [-0.3, -0.25) is 19.3 Å². The van der Waals surface area contributed by atoms with E-state index in [1.165, 1.54) is 0 Å². The fourth-order valence-corrected chi connectivity index (χ4v) is 3.03. The second-order valence-corrected chi connectivity index (χ2v) is 7.00. The minimum atomic E-state index is -0.319. The molecule has 0 radical (unpaired) electrons. The number of benzene rings is 2. The van der Waals surface area contributed by atoms with Crippen LogP contribution in [0.5, 0.6) is 0 Å². The number of hydrogen-bond donors (Lipinski definition) is 3. The van der Waals surface area contributed by atoms with E-state index in [9.17, 15) is 14.4 Å². The third kappa shape index (κ3) is 7.31. The molecule has 0 aliphatic carbocycles. The van der Waals surface area contributed by atoms with Crippen molar-refractivity contribution in [3.63, 3.8) is 0 Å². The van der Waals surface area contributed by atoms with Crippen molar-refractivity contribution in [3.8, 4) is 0 Å². The second-order valence-electron chi connectivity index (χ2n) is 7.00. The number of carbonyl (C=O) groups is 3. The fraction of sp³-hybridized carbons (Fsp3) is 0.318. The zero-order chi connectivity index (χ0) is 21.2. The first-order valence-electron chi connectivity index (χ1n) is 9.89. The first-order chi connectivity index (χ1) is 14.6. The van der Waals surface area contributed by atoms with Crippen LogP contribution in [0.25, 0.3) is 0 Å². The predicted molar refractivity (Wildman–Crippen MR) is 114 cm³/mol. The molecule has 0 saturated carbocycles. The Morgan fingerprint density at radius 1 is 0.800 bits per heavy atom. The molecular formula is C22H26N4O4. The number of carbonyl (C=O) groups excluding carboxylic acids is 3. The molecule has 8 nitrogen and oxygen atoms in total. The highest BCUT2D eigenvalue weighted by Gasteiger charge is 2.14. The van der Waals surface area contributed by atoms with Crippen LogP contribution in [0.2, 0.25) is 0 Å². The molecule has 0 spiro atoms. The minimum absolute atomic E-state index is 0.0881. The number of hydrogen-bond acceptors (Lipinski definition) is 5. The molecule has 1 saturated heterocycles. The van der Waals surface area contributed by atoms with Crippen molar-refractivity contribution < 1.29 is 19.1 Å². The summed E-state index contributed by atoms with van der Waals surface area (Å²) < 4.78 is 5.27. The molecule has 3 amide bonds. The van der Waals surface area contributed by atoms with Gasteiger partial charge in [0, 0.05) is 24.5 Å². The minimum Gasteiger partial charge on any atom is -0.379 e. The number of ether oxygens (including phenoxy) is 1. The molecule has 0 atom stereocenters. The molecule has 1 aliphatic rings. The Hall–Kier alpha value is -3.23. The Morgan fingerprint density at radius 3 is 2.03 bits per heavy atom. The van der Waals surface area contributed by atoms with Crippen molar-refractivity contribution in [1.82, 2.24) is 10.2 Å². The van der Waals surface area contributed by atoms with E-state index in [0.29, 0.717) is 31.1 Å². The Balaban J connectivity index is 1.38. The smallest absolute Gasteiger partial charge is 0.243 e. The van der Waals surface area contributed by atoms with Crippen LogP contribution in [0.15, 0.2) is 54.6 Å². The van der Waals surface area contributed by atoms with E-state index in [-0.39, 0.29) is 30.7 Å². The molecule has 1 heterocycles. The molecule has 0 aromatic heterocycles. The molecular weight excluding hydrogens is 384 g/mol. The normalized spacial score (nSPS) is 14.0. The Kier molecular flexibility index (Phi) is 7.94. The Morgan fingerprint density at radius 2 is 1.40 bits per heavy atom. The molecule has 8 heteroatoms. The van der Waals surface area contributed by atoms with E-state index < -0.39 is 0 Å². The molecule has 3 rings (SSSR count). The maximum absolute atomic E-state index is 12.1. The molecule has 2 aromatic rings. The molecule has 30 heavy (non-hydrogen) atoms. The maximum Gasteiger partial charge on any atom is 0.243 e. The lowest BCUT2D eigenvalue weighted by molar-refractivity contribution is -0.123. The summed E-state index contributed by atoms with van der Waals surface area (Å²) in [6, 6.07) is 16.2. The summed E-state index contributed by atoms with van der Waals surface area (Å²) in [6.07, 6.45) is 0.229. The van der Waals surface area contributed by atoms with E-state index in [4.69, 9.17) is 4.74 Å². The van der Waals surface area contributed by atoms with Crippen LogP contribution in [0, 0.1) is 0 Å². The Labute approximate surface area is 175 Å². The summed E-state index contributed by atoms with van der Waals surface area (Å²) >= 11 is 0. The van der Waals surface area contributed by atoms with Gasteiger partial charge in [-0.25, -0.2) is 0 Å². The molecule has 1 aliphatic heterocycles. The third-order valence-electron chi connectivity index (χ3n) is 4.58. The average Bonchev–Trinajstić information content (AvgIpc) is 2.75. The van der Waals surface area contributed by atoms with E-state index >= 15 is 0 Å². The van der Waals surface area contributed by atoms with Gasteiger partial charge in [-0.15, -0.1) is 0 Å². The van der Waals surface area contributed by atoms with Crippen LogP contribution >= 0.6 is 0 Å². The van der Waals surface area contributed by atoms with Crippen LogP contribution in [-0.4, -0.2) is 62.0 Å². The summed E-state index contributed by atoms with van der Waals surface area (Å²) in [5.74, 6) is -0.620. The molecule has 158 valence electrons. The number of amides is 3. The van der Waals surface area contributed by atoms with Gasteiger partial charge in [-0.2, -0.15) is 0 Å². The van der Waals surface area contributed by atoms with E-state index in [1.807, 2.05) is 35.2 Å². The van der Waals surface area contributed by atoms with Gasteiger partial charge in [0.1, 0.15) is 0 Å². The summed E-state index contributed by atoms with van der Waals surface area (Å²) in [6.45, 7) is 3.01. The number of nitrogens with zero attached hydrogens (tertiary/aromatic N) is 1. The van der Waals surface area contributed by atoms with E-state index in [1.54, 1.807) is 24.3 Å². The van der Waals surface area contributed by atoms with Gasteiger partial charge in [0.25, 0.3) is 0 Å². The first-order valence-corrected chi connectivity index (χ1v) is 9.89. The zero-order valence-corrected chi connectivity index (χ0v) is 16.7. The monoisotopic (exact) mass is 410 g/mol. The lowest BCUT2D eigenvalue weighted by Crippen LogP contribution is -2.41. The Bertz CT molecular complexity index is 849. The lowest BCUT2D eigenvalue weighted by atomic mass is 10.1. The van der Waals surface area contributed by atoms with Crippen molar-refractivity contribution >= 4 is 29.1 Å². The van der Waals surface area contributed by atoms with Crippen LogP contribution in [0.1, 0.15) is 5.56 Å². The summed E-state index contributed by atoms with van der Waals surface area (Å²) in [5, 5.41) is 8.17. The van der Waals surface area contributed by atoms with Gasteiger partial charge >= 0.3 is 0 Å². The highest BCUT2D eigenvalue weighted by atomic mass is 16.5. The van der Waals surface area contributed by atoms with Gasteiger partial charge in [-0.1, -0.05) is 30.3 Å². The van der Waals surface area contributed by atoms with Gasteiger partial charge in [0.2, 0.25) is 17.7 Å². The van der Waals surface area contributed by atoms with Gasteiger partial charge in [-0.05, 0) is 29.8 Å². The van der Waals surface area contributed by atoms with Crippen LogP contribution in [0.3, 0.4) is 0 Å². The van der Waals surface area contributed by atoms with E-state index in [2.05, 4.69) is 16.0 Å². The number of morpholine rings is 1. The summed E-state index contributed by atoms with van der Waals surface area (Å²) in [4.78, 5) is 38.1. The number of nitrogens with one attached hydrogen (secondary N) is 3. The van der Waals surface area contributed by atoms with Crippen molar-refractivity contribution in [2.24, 2.45) is 0 Å². The summed E-state index contributed by atoms with van der Waals surface area (Å²) in [7, 11) is 0. The average molecular weight is 410 g/mol. The quantitative estimate of drug-likeness (QED) is 0.608. The third-order valence-corrected chi connectivity index (χ3v) is 4.58. The molecule has 1 fully saturated rings. The van der Waals surface area contributed by atoms with Crippen molar-refractivity contribution in [2.45, 2.75) is 6.42 Å². The zero-order valence-electron chi connectivity index (χ0n) is 16.7. The highest BCUT2D eigenvalue weighted by Crippen LogP contribution is 2.13. The van der Waals surface area contributed by atoms with Crippen LogP contribution in [0.4, 0.5) is 11.4 Å². The van der Waals surface area contributed by atoms with Crippen molar-refractivity contribution in [2.75, 3.05) is 50.0 Å². The molecule has 3 N–H and O–H groups in total. The SMILES string of the molecule is O=C(Cc1ccccc1)NCC(=O)Nc1ccc(NC(=O)CN2CCOCC2)cc1. The number of rotatable bonds is 8. The standard InChI is InChI=1S/C22H26N4O4/c27-20(14-17-4-2-1-3-5-17)23-15-21(28)24-18-6-8-19(9-7-18)25-22(29)16-26-10-12-30-13-11-26/h1-9H,10-16H2,(H,23,27)(H,24,28)(H,25,29). The maximum atomic E-state index is 12.1. The second kappa shape index (κ2) is 11.1. The molecule has 2 aromatic carbocycles. The number of anilines is 2. The fourth-order valence-electron chi connectivity index (χ4n) is 3.03. The largest absolute Gasteiger partial charge is 0.379 e. The lowest BCUT2D eigenvalue weighted by Gasteiger charge is -2.25. The van der Waals surface area contributed by atoms with Gasteiger partial charge in [0.15, 0.2) is 0 Å².